The lowest BCUT2D eigenvalue weighted by Crippen LogP contribution is -1.93. The highest BCUT2D eigenvalue weighted by Gasteiger charge is 2.05. The van der Waals surface area contributed by atoms with Gasteiger partial charge >= 0.3 is 0 Å². The zero-order chi connectivity index (χ0) is 9.84. The van der Waals surface area contributed by atoms with Crippen molar-refractivity contribution in [2.45, 2.75) is 26.7 Å². The number of hydrogen-bond donors (Lipinski definition) is 0. The monoisotopic (exact) mass is 198 g/mol. The van der Waals surface area contributed by atoms with Crippen LogP contribution in [-0.4, -0.2) is 6.61 Å². The highest BCUT2D eigenvalue weighted by atomic mass is 35.5. The maximum atomic E-state index is 6.08. The third-order valence-corrected chi connectivity index (χ3v) is 2.23. The third kappa shape index (κ3) is 2.63. The van der Waals surface area contributed by atoms with Crippen molar-refractivity contribution in [3.05, 3.63) is 28.8 Å². The first-order chi connectivity index (χ1) is 6.15. The first kappa shape index (κ1) is 10.4. The van der Waals surface area contributed by atoms with E-state index >= 15 is 0 Å². The summed E-state index contributed by atoms with van der Waals surface area (Å²) >= 11 is 6.08. The highest BCUT2D eigenvalue weighted by molar-refractivity contribution is 6.31. The van der Waals surface area contributed by atoms with Crippen LogP contribution in [0.25, 0.3) is 0 Å². The van der Waals surface area contributed by atoms with Crippen LogP contribution < -0.4 is 4.74 Å². The predicted molar refractivity (Wildman–Crippen MR) is 56.7 cm³/mol. The number of ether oxygens (including phenoxy) is 1. The van der Waals surface area contributed by atoms with Crippen LogP contribution in [-0.2, 0) is 0 Å². The number of halogens is 1. The Balaban J connectivity index is 2.92. The van der Waals surface area contributed by atoms with Crippen LogP contribution in [0.15, 0.2) is 18.2 Å². The normalized spacial score (nSPS) is 10.5. The lowest BCUT2D eigenvalue weighted by Gasteiger charge is -2.09. The maximum absolute atomic E-state index is 6.08. The van der Waals surface area contributed by atoms with Gasteiger partial charge in [0.05, 0.1) is 6.61 Å². The van der Waals surface area contributed by atoms with E-state index < -0.39 is 0 Å². The first-order valence-electron chi connectivity index (χ1n) is 4.57. The second-order valence-corrected chi connectivity index (χ2v) is 3.68. The van der Waals surface area contributed by atoms with Crippen molar-refractivity contribution in [1.29, 1.82) is 0 Å². The molecule has 1 nitrogen and oxygen atoms in total. The van der Waals surface area contributed by atoms with Gasteiger partial charge in [0.1, 0.15) is 5.75 Å². The molecule has 0 spiro atoms. The molecule has 0 amide bonds. The minimum absolute atomic E-state index is 0.461. The summed E-state index contributed by atoms with van der Waals surface area (Å²) in [5.41, 5.74) is 1.17. The first-order valence-corrected chi connectivity index (χ1v) is 4.95. The van der Waals surface area contributed by atoms with Gasteiger partial charge in [0.25, 0.3) is 0 Å². The minimum Gasteiger partial charge on any atom is -0.494 e. The second kappa shape index (κ2) is 4.52. The molecule has 0 saturated heterocycles. The number of hydrogen-bond acceptors (Lipinski definition) is 1. The van der Waals surface area contributed by atoms with Gasteiger partial charge in [-0.3, -0.25) is 0 Å². The van der Waals surface area contributed by atoms with Gasteiger partial charge in [-0.15, -0.1) is 0 Å². The maximum Gasteiger partial charge on any atom is 0.120 e. The Kier molecular flexibility index (Phi) is 3.61. The lowest BCUT2D eigenvalue weighted by molar-refractivity contribution is 0.340. The van der Waals surface area contributed by atoms with E-state index in [2.05, 4.69) is 13.8 Å². The molecule has 0 aromatic heterocycles. The van der Waals surface area contributed by atoms with E-state index in [-0.39, 0.29) is 0 Å². The Morgan fingerprint density at radius 2 is 2.08 bits per heavy atom. The van der Waals surface area contributed by atoms with Crippen LogP contribution in [0.4, 0.5) is 0 Å². The van der Waals surface area contributed by atoms with Gasteiger partial charge in [0.15, 0.2) is 0 Å². The molecule has 0 N–H and O–H groups in total. The van der Waals surface area contributed by atoms with Gasteiger partial charge in [0, 0.05) is 5.02 Å². The molecule has 1 aromatic carbocycles. The van der Waals surface area contributed by atoms with Crippen LogP contribution in [0.2, 0.25) is 5.02 Å². The SMILES string of the molecule is CCOc1ccc(C(C)C)c(Cl)c1. The van der Waals surface area contributed by atoms with Crippen molar-refractivity contribution in [1.82, 2.24) is 0 Å². The van der Waals surface area contributed by atoms with E-state index in [9.17, 15) is 0 Å². The van der Waals surface area contributed by atoms with E-state index in [4.69, 9.17) is 16.3 Å². The second-order valence-electron chi connectivity index (χ2n) is 3.27. The quantitative estimate of drug-likeness (QED) is 0.717. The van der Waals surface area contributed by atoms with E-state index in [1.165, 1.54) is 5.56 Å². The van der Waals surface area contributed by atoms with Gasteiger partial charge < -0.3 is 4.74 Å². The molecule has 13 heavy (non-hydrogen) atoms. The van der Waals surface area contributed by atoms with Crippen molar-refractivity contribution in [2.24, 2.45) is 0 Å². The Hall–Kier alpha value is -0.690. The largest absolute Gasteiger partial charge is 0.494 e. The summed E-state index contributed by atoms with van der Waals surface area (Å²) in [5, 5.41) is 0.793. The van der Waals surface area contributed by atoms with Gasteiger partial charge in [-0.2, -0.15) is 0 Å². The molecular formula is C11H15ClO. The summed E-state index contributed by atoms with van der Waals surface area (Å²) in [5.74, 6) is 1.31. The van der Waals surface area contributed by atoms with Gasteiger partial charge in [-0.05, 0) is 30.5 Å². The molecule has 0 fully saturated rings. The van der Waals surface area contributed by atoms with Crippen molar-refractivity contribution in [3.63, 3.8) is 0 Å². The Bertz CT molecular complexity index is 281. The number of rotatable bonds is 3. The van der Waals surface area contributed by atoms with Crippen LogP contribution in [0.5, 0.6) is 5.75 Å². The molecule has 0 saturated carbocycles. The molecule has 1 rings (SSSR count). The molecule has 0 heterocycles. The summed E-state index contributed by atoms with van der Waals surface area (Å²) in [6, 6.07) is 5.86. The summed E-state index contributed by atoms with van der Waals surface area (Å²) in [6.45, 7) is 6.89. The number of benzene rings is 1. The fourth-order valence-electron chi connectivity index (χ4n) is 1.23. The van der Waals surface area contributed by atoms with Crippen molar-refractivity contribution in [2.75, 3.05) is 6.61 Å². The van der Waals surface area contributed by atoms with Crippen LogP contribution in [0.3, 0.4) is 0 Å². The van der Waals surface area contributed by atoms with Crippen molar-refractivity contribution < 1.29 is 4.74 Å². The fourth-order valence-corrected chi connectivity index (χ4v) is 1.62. The fraction of sp³-hybridized carbons (Fsp3) is 0.455. The molecule has 0 aliphatic heterocycles. The smallest absolute Gasteiger partial charge is 0.120 e. The van der Waals surface area contributed by atoms with Gasteiger partial charge in [-0.1, -0.05) is 31.5 Å². The topological polar surface area (TPSA) is 9.23 Å². The molecule has 0 bridgehead atoms. The Morgan fingerprint density at radius 1 is 1.38 bits per heavy atom. The molecule has 2 heteroatoms. The van der Waals surface area contributed by atoms with Crippen LogP contribution >= 0.6 is 11.6 Å². The molecule has 0 aliphatic carbocycles. The predicted octanol–water partition coefficient (Wildman–Crippen LogP) is 3.86. The Labute approximate surface area is 84.7 Å². The van der Waals surface area contributed by atoms with E-state index in [1.54, 1.807) is 0 Å². The molecule has 0 atom stereocenters. The zero-order valence-corrected chi connectivity index (χ0v) is 9.06. The van der Waals surface area contributed by atoms with Crippen molar-refractivity contribution >= 4 is 11.6 Å². The molecule has 0 unspecified atom stereocenters. The summed E-state index contributed by atoms with van der Waals surface area (Å²) in [4.78, 5) is 0. The Morgan fingerprint density at radius 3 is 2.54 bits per heavy atom. The summed E-state index contributed by atoms with van der Waals surface area (Å²) < 4.78 is 5.34. The van der Waals surface area contributed by atoms with Crippen LogP contribution in [0.1, 0.15) is 32.3 Å². The standard InChI is InChI=1S/C11H15ClO/c1-4-13-9-5-6-10(8(2)3)11(12)7-9/h5-8H,4H2,1-3H3. The minimum atomic E-state index is 0.461. The van der Waals surface area contributed by atoms with Gasteiger partial charge in [-0.25, -0.2) is 0 Å². The summed E-state index contributed by atoms with van der Waals surface area (Å²) in [6.07, 6.45) is 0. The van der Waals surface area contributed by atoms with Crippen LogP contribution in [0, 0.1) is 0 Å². The van der Waals surface area contributed by atoms with E-state index in [0.717, 1.165) is 10.8 Å². The molecule has 0 aliphatic rings. The average molecular weight is 199 g/mol. The van der Waals surface area contributed by atoms with Gasteiger partial charge in [0.2, 0.25) is 0 Å². The zero-order valence-electron chi connectivity index (χ0n) is 8.30. The average Bonchev–Trinajstić information content (AvgIpc) is 2.04. The summed E-state index contributed by atoms with van der Waals surface area (Å²) in [7, 11) is 0. The van der Waals surface area contributed by atoms with E-state index in [1.807, 2.05) is 25.1 Å². The molecule has 1 aromatic rings. The lowest BCUT2D eigenvalue weighted by atomic mass is 10.0. The molecule has 0 radical (unpaired) electrons. The van der Waals surface area contributed by atoms with E-state index in [0.29, 0.717) is 12.5 Å². The molecule has 72 valence electrons. The van der Waals surface area contributed by atoms with Crippen molar-refractivity contribution in [3.8, 4) is 5.75 Å². The highest BCUT2D eigenvalue weighted by Crippen LogP contribution is 2.27. The molecular weight excluding hydrogens is 184 g/mol. The third-order valence-electron chi connectivity index (χ3n) is 1.90.